The molecular weight excluding hydrogens is 810 g/mol. The summed E-state index contributed by atoms with van der Waals surface area (Å²) in [6.07, 6.45) is 1.85. The molecule has 0 saturated heterocycles. The first kappa shape index (κ1) is 34.5. The smallest absolute Gasteiger partial charge is 0.512 e. The molecule has 0 radical (unpaired) electrons. The van der Waals surface area contributed by atoms with Gasteiger partial charge in [0.1, 0.15) is 23.2 Å². The Balaban J connectivity index is 0.00000406. The Hall–Kier alpha value is -4.99. The average molecular weight is 849 g/mol. The van der Waals surface area contributed by atoms with E-state index < -0.39 is 5.60 Å². The third-order valence-corrected chi connectivity index (χ3v) is 9.40. The minimum Gasteiger partial charge on any atom is -0.512 e. The number of ether oxygens (including phenoxy) is 2. The summed E-state index contributed by atoms with van der Waals surface area (Å²) >= 11 is 0. The average Bonchev–Trinajstić information content (AvgIpc) is 3.61. The maximum absolute atomic E-state index is 6.77. The summed E-state index contributed by atoms with van der Waals surface area (Å²) in [6, 6.07) is 46.6. The molecular formula is C45H39N3O2Pt. The van der Waals surface area contributed by atoms with E-state index in [0.717, 1.165) is 55.4 Å². The zero-order valence-electron chi connectivity index (χ0n) is 29.6. The van der Waals surface area contributed by atoms with Crippen LogP contribution in [-0.2, 0) is 31.2 Å². The zero-order chi connectivity index (χ0) is 34.6. The van der Waals surface area contributed by atoms with Crippen LogP contribution in [0.1, 0.15) is 62.9 Å². The van der Waals surface area contributed by atoms with Crippen LogP contribution in [0.4, 0.5) is 0 Å². The Kier molecular flexibility index (Phi) is 8.97. The fourth-order valence-electron chi connectivity index (χ4n) is 6.81. The zero-order valence-corrected chi connectivity index (χ0v) is 31.9. The van der Waals surface area contributed by atoms with Gasteiger partial charge in [0.2, 0.25) is 0 Å². The summed E-state index contributed by atoms with van der Waals surface area (Å²) in [5, 5.41) is 2.26. The normalized spacial score (nSPS) is 15.3. The third kappa shape index (κ3) is 6.64. The summed E-state index contributed by atoms with van der Waals surface area (Å²) in [6.45, 7) is 12.9. The molecule has 1 aliphatic heterocycles. The molecule has 0 N–H and O–H groups in total. The van der Waals surface area contributed by atoms with Crippen LogP contribution in [0.5, 0.6) is 11.5 Å². The van der Waals surface area contributed by atoms with Crippen molar-refractivity contribution >= 4 is 27.8 Å². The van der Waals surface area contributed by atoms with Gasteiger partial charge < -0.3 is 14.0 Å². The molecule has 5 nitrogen and oxygen atoms in total. The first-order valence-electron chi connectivity index (χ1n) is 17.1. The number of hydrogen-bond acceptors (Lipinski definition) is 4. The Labute approximate surface area is 314 Å². The van der Waals surface area contributed by atoms with Gasteiger partial charge in [-0.2, -0.15) is 0 Å². The standard InChI is InChI=1S/C45H39N3O2.Pt/c1-29-19-20-40-39(22-29)38-18-13-21-46-42(38)48(40)35-26-34(44(2,3)4)27-37(28-35)49-36-24-32(30-14-9-7-10-15-30)23-33(25-36)43-47-41(45(5,6)50-43)31-16-11-8-12-17-31;/h7-24,26-27,41H,1-6H3;/q-2;+2/t41-;/m1./s1. The molecule has 0 spiro atoms. The molecule has 1 atom stereocenters. The number of aryl methyl sites for hydroxylation is 1. The van der Waals surface area contributed by atoms with E-state index in [0.29, 0.717) is 17.4 Å². The maximum atomic E-state index is 6.77. The summed E-state index contributed by atoms with van der Waals surface area (Å²) in [5.74, 6) is 1.69. The van der Waals surface area contributed by atoms with Gasteiger partial charge in [-0.3, -0.25) is 4.99 Å². The Morgan fingerprint density at radius 2 is 1.49 bits per heavy atom. The molecule has 3 heterocycles. The van der Waals surface area contributed by atoms with Crippen molar-refractivity contribution in [2.75, 3.05) is 0 Å². The summed E-state index contributed by atoms with van der Waals surface area (Å²) in [4.78, 5) is 9.95. The van der Waals surface area contributed by atoms with E-state index in [1.54, 1.807) is 0 Å². The van der Waals surface area contributed by atoms with E-state index in [2.05, 4.69) is 125 Å². The van der Waals surface area contributed by atoms with Gasteiger partial charge in [0, 0.05) is 28.5 Å². The van der Waals surface area contributed by atoms with Crippen molar-refractivity contribution in [1.29, 1.82) is 0 Å². The molecule has 0 aliphatic carbocycles. The number of benzene rings is 5. The largest absolute Gasteiger partial charge is 2.00 e. The van der Waals surface area contributed by atoms with Crippen LogP contribution in [0.2, 0.25) is 0 Å². The first-order chi connectivity index (χ1) is 24.0. The predicted octanol–water partition coefficient (Wildman–Crippen LogP) is 11.1. The number of rotatable bonds is 6. The number of aromatic nitrogens is 2. The van der Waals surface area contributed by atoms with Crippen molar-refractivity contribution in [2.45, 2.75) is 58.6 Å². The van der Waals surface area contributed by atoms with Crippen LogP contribution in [-0.4, -0.2) is 21.0 Å². The molecule has 1 aliphatic rings. The van der Waals surface area contributed by atoms with Gasteiger partial charge in [-0.15, -0.1) is 29.8 Å². The Bertz CT molecular complexity index is 2410. The van der Waals surface area contributed by atoms with Crippen molar-refractivity contribution in [3.8, 4) is 28.3 Å². The fraction of sp³-hybridized carbons (Fsp3) is 0.200. The first-order valence-corrected chi connectivity index (χ1v) is 17.1. The Morgan fingerprint density at radius 3 is 2.24 bits per heavy atom. The molecule has 51 heavy (non-hydrogen) atoms. The van der Waals surface area contributed by atoms with E-state index in [9.17, 15) is 0 Å². The van der Waals surface area contributed by atoms with Gasteiger partial charge in [-0.05, 0) is 61.6 Å². The number of nitrogens with zero attached hydrogens (tertiary/aromatic N) is 3. The molecule has 0 unspecified atom stereocenters. The van der Waals surface area contributed by atoms with Crippen LogP contribution < -0.4 is 4.74 Å². The second-order valence-electron chi connectivity index (χ2n) is 14.7. The summed E-state index contributed by atoms with van der Waals surface area (Å²) < 4.78 is 15.5. The molecule has 7 aromatic rings. The number of pyridine rings is 1. The van der Waals surface area contributed by atoms with Crippen molar-refractivity contribution in [1.82, 2.24) is 9.55 Å². The van der Waals surface area contributed by atoms with Crippen molar-refractivity contribution in [3.63, 3.8) is 0 Å². The minimum atomic E-state index is -0.535. The minimum absolute atomic E-state index is 0. The quantitative estimate of drug-likeness (QED) is 0.157. The molecule has 256 valence electrons. The van der Waals surface area contributed by atoms with E-state index >= 15 is 0 Å². The van der Waals surface area contributed by atoms with Crippen molar-refractivity contribution < 1.29 is 30.5 Å². The van der Waals surface area contributed by atoms with E-state index in [-0.39, 0.29) is 32.5 Å². The number of fused-ring (bicyclic) bond motifs is 3. The molecule has 2 aromatic heterocycles. The van der Waals surface area contributed by atoms with Gasteiger partial charge in [0.05, 0.1) is 5.52 Å². The van der Waals surface area contributed by atoms with Crippen LogP contribution in [0.15, 0.2) is 126 Å². The molecule has 0 bridgehead atoms. The van der Waals surface area contributed by atoms with E-state index in [4.69, 9.17) is 19.5 Å². The van der Waals surface area contributed by atoms with Crippen LogP contribution >= 0.6 is 0 Å². The van der Waals surface area contributed by atoms with Crippen LogP contribution in [0.25, 0.3) is 38.8 Å². The van der Waals surface area contributed by atoms with Crippen LogP contribution in [0, 0.1) is 19.1 Å². The van der Waals surface area contributed by atoms with Crippen molar-refractivity contribution in [3.05, 3.63) is 156 Å². The third-order valence-electron chi connectivity index (χ3n) is 9.40. The van der Waals surface area contributed by atoms with Gasteiger partial charge in [0.15, 0.2) is 0 Å². The fourth-order valence-corrected chi connectivity index (χ4v) is 6.81. The van der Waals surface area contributed by atoms with Gasteiger partial charge in [-0.25, -0.2) is 4.98 Å². The molecule has 0 saturated carbocycles. The second kappa shape index (κ2) is 13.3. The summed E-state index contributed by atoms with van der Waals surface area (Å²) in [5.41, 5.74) is 8.35. The van der Waals surface area contributed by atoms with Gasteiger partial charge in [-0.1, -0.05) is 122 Å². The maximum Gasteiger partial charge on any atom is 2.00 e. The monoisotopic (exact) mass is 848 g/mol. The van der Waals surface area contributed by atoms with Crippen molar-refractivity contribution in [2.24, 2.45) is 4.99 Å². The molecule has 8 rings (SSSR count). The topological polar surface area (TPSA) is 48.6 Å². The molecule has 0 fully saturated rings. The molecule has 0 amide bonds. The predicted molar refractivity (Wildman–Crippen MR) is 203 cm³/mol. The molecule has 6 heteroatoms. The van der Waals surface area contributed by atoms with Gasteiger partial charge >= 0.3 is 21.1 Å². The van der Waals surface area contributed by atoms with E-state index in [1.807, 2.05) is 54.7 Å². The van der Waals surface area contributed by atoms with Crippen LogP contribution in [0.3, 0.4) is 0 Å². The number of aliphatic imine (C=N–C) groups is 1. The number of hydrogen-bond donors (Lipinski definition) is 0. The summed E-state index contributed by atoms with van der Waals surface area (Å²) in [7, 11) is 0. The molecule has 5 aromatic carbocycles. The second-order valence-corrected chi connectivity index (χ2v) is 14.7. The SMILES string of the molecule is Cc1ccc2c(c1)c1cccnc1n2-c1[c-]c(Oc2[c-]c(C3=N[C@H](c4ccccc4)C(C)(C)O3)cc(-c3ccccc3)c2)cc(C(C)(C)C)c1.[Pt+2]. The van der Waals surface area contributed by atoms with E-state index in [1.165, 1.54) is 5.56 Å². The Morgan fingerprint density at radius 1 is 0.765 bits per heavy atom. The van der Waals surface area contributed by atoms with Gasteiger partial charge in [0.25, 0.3) is 0 Å².